The maximum absolute atomic E-state index is 12.6. The van der Waals surface area contributed by atoms with Crippen molar-refractivity contribution in [3.05, 3.63) is 90.5 Å². The van der Waals surface area contributed by atoms with Crippen LogP contribution in [-0.4, -0.2) is 29.9 Å². The molecule has 6 heteroatoms. The van der Waals surface area contributed by atoms with E-state index in [2.05, 4.69) is 10.6 Å². The SMILES string of the molecule is C[C@H](NC(=O)c1ccccc1)C(=O)O[C@@H](C)C(=O)Nc1ccccc1-c1ccccc1. The summed E-state index contributed by atoms with van der Waals surface area (Å²) in [6.45, 7) is 3.00. The summed E-state index contributed by atoms with van der Waals surface area (Å²) in [5.41, 5.74) is 2.87. The number of benzene rings is 3. The van der Waals surface area contributed by atoms with Crippen LogP contribution in [0.5, 0.6) is 0 Å². The molecule has 3 aromatic carbocycles. The molecule has 0 aliphatic heterocycles. The van der Waals surface area contributed by atoms with Crippen LogP contribution in [0.3, 0.4) is 0 Å². The molecule has 0 unspecified atom stereocenters. The fourth-order valence-corrected chi connectivity index (χ4v) is 2.95. The van der Waals surface area contributed by atoms with Gasteiger partial charge in [0.15, 0.2) is 6.10 Å². The highest BCUT2D eigenvalue weighted by molar-refractivity contribution is 5.99. The van der Waals surface area contributed by atoms with Crippen LogP contribution in [0.4, 0.5) is 5.69 Å². The number of rotatable bonds is 7. The summed E-state index contributed by atoms with van der Waals surface area (Å²) >= 11 is 0. The Morgan fingerprint density at radius 2 is 1.35 bits per heavy atom. The van der Waals surface area contributed by atoms with Crippen molar-refractivity contribution in [3.8, 4) is 11.1 Å². The van der Waals surface area contributed by atoms with Crippen molar-refractivity contribution in [2.24, 2.45) is 0 Å². The molecule has 0 aromatic heterocycles. The zero-order valence-electron chi connectivity index (χ0n) is 17.4. The molecule has 0 heterocycles. The van der Waals surface area contributed by atoms with Crippen molar-refractivity contribution >= 4 is 23.5 Å². The summed E-state index contributed by atoms with van der Waals surface area (Å²) in [7, 11) is 0. The second-order valence-electron chi connectivity index (χ2n) is 7.04. The Morgan fingerprint density at radius 3 is 2.03 bits per heavy atom. The van der Waals surface area contributed by atoms with Gasteiger partial charge in [-0.3, -0.25) is 9.59 Å². The molecule has 0 saturated heterocycles. The molecule has 0 fully saturated rings. The lowest BCUT2D eigenvalue weighted by molar-refractivity contribution is -0.154. The molecule has 3 aromatic rings. The van der Waals surface area contributed by atoms with Gasteiger partial charge in [0.2, 0.25) is 0 Å². The van der Waals surface area contributed by atoms with E-state index >= 15 is 0 Å². The van der Waals surface area contributed by atoms with E-state index in [9.17, 15) is 14.4 Å². The average molecular weight is 416 g/mol. The van der Waals surface area contributed by atoms with E-state index in [4.69, 9.17) is 4.74 Å². The quantitative estimate of drug-likeness (QED) is 0.569. The van der Waals surface area contributed by atoms with Crippen LogP contribution >= 0.6 is 0 Å². The van der Waals surface area contributed by atoms with Gasteiger partial charge in [0.1, 0.15) is 6.04 Å². The highest BCUT2D eigenvalue weighted by Gasteiger charge is 2.24. The summed E-state index contributed by atoms with van der Waals surface area (Å²) in [5.74, 6) is -1.54. The number of ether oxygens (including phenoxy) is 1. The second-order valence-corrected chi connectivity index (χ2v) is 7.04. The molecule has 3 rings (SSSR count). The van der Waals surface area contributed by atoms with Gasteiger partial charge < -0.3 is 15.4 Å². The zero-order valence-corrected chi connectivity index (χ0v) is 17.4. The minimum absolute atomic E-state index is 0.390. The fourth-order valence-electron chi connectivity index (χ4n) is 2.95. The van der Waals surface area contributed by atoms with Gasteiger partial charge >= 0.3 is 5.97 Å². The predicted octanol–water partition coefficient (Wildman–Crippen LogP) is 4.04. The topological polar surface area (TPSA) is 84.5 Å². The molecular formula is C25H24N2O4. The first-order valence-corrected chi connectivity index (χ1v) is 9.97. The second kappa shape index (κ2) is 10.2. The van der Waals surface area contributed by atoms with Gasteiger partial charge in [-0.15, -0.1) is 0 Å². The molecule has 2 N–H and O–H groups in total. The number of carbonyl (C=O) groups is 3. The largest absolute Gasteiger partial charge is 0.451 e. The number of carbonyl (C=O) groups excluding carboxylic acids is 3. The smallest absolute Gasteiger partial charge is 0.329 e. The molecule has 2 atom stereocenters. The van der Waals surface area contributed by atoms with Gasteiger partial charge in [0.25, 0.3) is 11.8 Å². The van der Waals surface area contributed by atoms with Gasteiger partial charge in [-0.1, -0.05) is 66.7 Å². The Bertz CT molecular complexity index is 1050. The number of hydrogen-bond acceptors (Lipinski definition) is 4. The van der Waals surface area contributed by atoms with Crippen LogP contribution in [0, 0.1) is 0 Å². The first-order chi connectivity index (χ1) is 15.0. The molecule has 0 bridgehead atoms. The van der Waals surface area contributed by atoms with Crippen LogP contribution in [0.25, 0.3) is 11.1 Å². The average Bonchev–Trinajstić information content (AvgIpc) is 2.80. The summed E-state index contributed by atoms with van der Waals surface area (Å²) < 4.78 is 5.26. The highest BCUT2D eigenvalue weighted by atomic mass is 16.5. The zero-order chi connectivity index (χ0) is 22.2. The van der Waals surface area contributed by atoms with Crippen molar-refractivity contribution in [3.63, 3.8) is 0 Å². The van der Waals surface area contributed by atoms with Gasteiger partial charge in [0, 0.05) is 16.8 Å². The minimum Gasteiger partial charge on any atom is -0.451 e. The molecule has 2 amide bonds. The molecule has 0 radical (unpaired) electrons. The monoisotopic (exact) mass is 416 g/mol. The summed E-state index contributed by atoms with van der Waals surface area (Å²) in [6.07, 6.45) is -1.03. The van der Waals surface area contributed by atoms with Crippen LogP contribution < -0.4 is 10.6 Å². The first-order valence-electron chi connectivity index (χ1n) is 9.97. The number of anilines is 1. The molecular weight excluding hydrogens is 392 g/mol. The predicted molar refractivity (Wildman–Crippen MR) is 119 cm³/mol. The Labute approximate surface area is 181 Å². The van der Waals surface area contributed by atoms with Crippen molar-refractivity contribution < 1.29 is 19.1 Å². The minimum atomic E-state index is -1.03. The van der Waals surface area contributed by atoms with Crippen LogP contribution in [0.1, 0.15) is 24.2 Å². The third-order valence-electron chi connectivity index (χ3n) is 4.67. The summed E-state index contributed by atoms with van der Waals surface area (Å²) in [6, 6.07) is 24.7. The van der Waals surface area contributed by atoms with E-state index in [1.807, 2.05) is 48.5 Å². The number of esters is 1. The van der Waals surface area contributed by atoms with Gasteiger partial charge in [-0.05, 0) is 37.6 Å². The van der Waals surface area contributed by atoms with E-state index in [-0.39, 0.29) is 5.91 Å². The maximum Gasteiger partial charge on any atom is 0.329 e. The van der Waals surface area contributed by atoms with Gasteiger partial charge in [0.05, 0.1) is 0 Å². The molecule has 0 aliphatic rings. The van der Waals surface area contributed by atoms with Crippen molar-refractivity contribution in [2.45, 2.75) is 26.0 Å². The Hall–Kier alpha value is -3.93. The van der Waals surface area contributed by atoms with E-state index in [1.165, 1.54) is 13.8 Å². The molecule has 6 nitrogen and oxygen atoms in total. The van der Waals surface area contributed by atoms with E-state index in [0.717, 1.165) is 11.1 Å². The Morgan fingerprint density at radius 1 is 0.774 bits per heavy atom. The van der Waals surface area contributed by atoms with Crippen LogP contribution in [0.15, 0.2) is 84.9 Å². The molecule has 158 valence electrons. The molecule has 0 spiro atoms. The number of hydrogen-bond donors (Lipinski definition) is 2. The molecule has 0 aliphatic carbocycles. The fraction of sp³-hybridized carbons (Fsp3) is 0.160. The summed E-state index contributed by atoms with van der Waals surface area (Å²) in [5, 5.41) is 5.39. The van der Waals surface area contributed by atoms with Crippen molar-refractivity contribution in [1.29, 1.82) is 0 Å². The van der Waals surface area contributed by atoms with Crippen LogP contribution in [0.2, 0.25) is 0 Å². The molecule has 31 heavy (non-hydrogen) atoms. The highest BCUT2D eigenvalue weighted by Crippen LogP contribution is 2.27. The third kappa shape index (κ3) is 5.79. The number of para-hydroxylation sites is 1. The normalized spacial score (nSPS) is 12.3. The van der Waals surface area contributed by atoms with Crippen molar-refractivity contribution in [2.75, 3.05) is 5.32 Å². The van der Waals surface area contributed by atoms with E-state index < -0.39 is 24.0 Å². The third-order valence-corrected chi connectivity index (χ3v) is 4.67. The van der Waals surface area contributed by atoms with E-state index in [1.54, 1.807) is 36.4 Å². The van der Waals surface area contributed by atoms with Crippen LogP contribution in [-0.2, 0) is 14.3 Å². The standard InChI is InChI=1S/C25H24N2O4/c1-17(26-24(29)20-13-7-4-8-14-20)25(30)31-18(2)23(28)27-22-16-10-9-15-21(22)19-11-5-3-6-12-19/h3-18H,1-2H3,(H,26,29)(H,27,28)/t17-,18-/m0/s1. The maximum atomic E-state index is 12.6. The van der Waals surface area contributed by atoms with Crippen molar-refractivity contribution in [1.82, 2.24) is 5.32 Å². The number of amides is 2. The van der Waals surface area contributed by atoms with Gasteiger partial charge in [-0.25, -0.2) is 4.79 Å². The van der Waals surface area contributed by atoms with Gasteiger partial charge in [-0.2, -0.15) is 0 Å². The first kappa shape index (κ1) is 21.8. The lowest BCUT2D eigenvalue weighted by atomic mass is 10.0. The Balaban J connectivity index is 1.60. The lowest BCUT2D eigenvalue weighted by Gasteiger charge is -2.18. The summed E-state index contributed by atoms with van der Waals surface area (Å²) in [4.78, 5) is 37.2. The lowest BCUT2D eigenvalue weighted by Crippen LogP contribution is -2.42. The number of nitrogens with one attached hydrogen (secondary N) is 2. The van der Waals surface area contributed by atoms with E-state index in [0.29, 0.717) is 11.3 Å². The molecule has 0 saturated carbocycles. The Kier molecular flexibility index (Phi) is 7.17.